The molecule has 6 heteroatoms. The first kappa shape index (κ1) is 19.8. The van der Waals surface area contributed by atoms with Gasteiger partial charge in [0.25, 0.3) is 5.91 Å². The van der Waals surface area contributed by atoms with E-state index in [1.807, 2.05) is 6.92 Å². The lowest BCUT2D eigenvalue weighted by atomic mass is 10.1. The lowest BCUT2D eigenvalue weighted by molar-refractivity contribution is 0.0927. The van der Waals surface area contributed by atoms with Crippen LogP contribution < -0.4 is 10.1 Å². The van der Waals surface area contributed by atoms with Gasteiger partial charge in [0.1, 0.15) is 18.0 Å². The first-order valence-electron chi connectivity index (χ1n) is 9.38. The minimum Gasteiger partial charge on any atom is -0.472 e. The van der Waals surface area contributed by atoms with Crippen LogP contribution >= 0.6 is 15.9 Å². The van der Waals surface area contributed by atoms with E-state index < -0.39 is 0 Å². The van der Waals surface area contributed by atoms with Gasteiger partial charge >= 0.3 is 0 Å². The van der Waals surface area contributed by atoms with Crippen LogP contribution in [0.5, 0.6) is 5.88 Å². The first-order valence-corrected chi connectivity index (χ1v) is 10.2. The molecule has 1 aliphatic carbocycles. The Kier molecular flexibility index (Phi) is 6.83. The predicted molar refractivity (Wildman–Crippen MR) is 106 cm³/mol. The molecule has 0 atom stereocenters. The average molecular weight is 435 g/mol. The molecule has 0 bridgehead atoms. The maximum atomic E-state index is 13.1. The summed E-state index contributed by atoms with van der Waals surface area (Å²) in [5, 5.41) is 3.14. The summed E-state index contributed by atoms with van der Waals surface area (Å²) in [5.41, 5.74) is 1.97. The second-order valence-electron chi connectivity index (χ2n) is 6.99. The largest absolute Gasteiger partial charge is 0.472 e. The molecule has 0 saturated heterocycles. The summed E-state index contributed by atoms with van der Waals surface area (Å²) < 4.78 is 19.6. The number of ether oxygens (including phenoxy) is 1. The molecule has 1 N–H and O–H groups in total. The predicted octanol–water partition coefficient (Wildman–Crippen LogP) is 5.32. The fraction of sp³-hybridized carbons (Fsp3) is 0.429. The third kappa shape index (κ3) is 5.51. The molecule has 27 heavy (non-hydrogen) atoms. The molecule has 0 radical (unpaired) electrons. The Hall–Kier alpha value is -1.95. The van der Waals surface area contributed by atoms with Crippen molar-refractivity contribution in [3.05, 3.63) is 57.4 Å². The quantitative estimate of drug-likeness (QED) is 0.647. The van der Waals surface area contributed by atoms with E-state index in [9.17, 15) is 9.18 Å². The summed E-state index contributed by atoms with van der Waals surface area (Å²) in [6.07, 6.45) is 6.78. The van der Waals surface area contributed by atoms with Gasteiger partial charge in [0, 0.05) is 10.5 Å². The minimum absolute atomic E-state index is 0.163. The second-order valence-corrected chi connectivity index (χ2v) is 7.84. The number of nitrogens with one attached hydrogen (secondary N) is 1. The zero-order valence-electron chi connectivity index (χ0n) is 15.4. The van der Waals surface area contributed by atoms with Crippen LogP contribution in [0.15, 0.2) is 34.8 Å². The van der Waals surface area contributed by atoms with Crippen LogP contribution in [-0.2, 0) is 6.61 Å². The van der Waals surface area contributed by atoms with Gasteiger partial charge in [0.15, 0.2) is 0 Å². The smallest absolute Gasteiger partial charge is 0.257 e. The monoisotopic (exact) mass is 434 g/mol. The van der Waals surface area contributed by atoms with Gasteiger partial charge in [-0.3, -0.25) is 4.79 Å². The minimum atomic E-state index is -0.292. The Morgan fingerprint density at radius 3 is 2.56 bits per heavy atom. The van der Waals surface area contributed by atoms with E-state index in [0.717, 1.165) is 41.4 Å². The molecule has 0 aliphatic heterocycles. The van der Waals surface area contributed by atoms with Gasteiger partial charge < -0.3 is 10.1 Å². The topological polar surface area (TPSA) is 51.2 Å². The van der Waals surface area contributed by atoms with E-state index in [-0.39, 0.29) is 24.4 Å². The standard InChI is InChI=1S/C21H24BrFN2O2/c1-14-19(22)12-18(20(26)25-17-6-4-2-3-5-7-17)21(24-14)27-13-15-8-10-16(23)11-9-15/h8-12,17H,2-7,13H2,1H3,(H,25,26). The number of carbonyl (C=O) groups is 1. The van der Waals surface area contributed by atoms with E-state index >= 15 is 0 Å². The number of aryl methyl sites for hydroxylation is 1. The van der Waals surface area contributed by atoms with Crippen LogP contribution in [0.1, 0.15) is 60.1 Å². The molecular weight excluding hydrogens is 411 g/mol. The highest BCUT2D eigenvalue weighted by Gasteiger charge is 2.21. The van der Waals surface area contributed by atoms with Gasteiger partial charge in [0.2, 0.25) is 5.88 Å². The summed E-state index contributed by atoms with van der Waals surface area (Å²) in [7, 11) is 0. The van der Waals surface area contributed by atoms with Crippen molar-refractivity contribution in [1.82, 2.24) is 10.3 Å². The zero-order chi connectivity index (χ0) is 19.2. The fourth-order valence-corrected chi connectivity index (χ4v) is 3.57. The number of benzene rings is 1. The maximum Gasteiger partial charge on any atom is 0.257 e. The second kappa shape index (κ2) is 9.31. The fourth-order valence-electron chi connectivity index (χ4n) is 3.25. The number of rotatable bonds is 5. The molecule has 1 fully saturated rings. The van der Waals surface area contributed by atoms with Gasteiger partial charge in [-0.15, -0.1) is 0 Å². The zero-order valence-corrected chi connectivity index (χ0v) is 17.0. The summed E-state index contributed by atoms with van der Waals surface area (Å²) in [6, 6.07) is 8.05. The molecule has 0 unspecified atom stereocenters. The Morgan fingerprint density at radius 1 is 1.22 bits per heavy atom. The average Bonchev–Trinajstić information content (AvgIpc) is 2.92. The summed E-state index contributed by atoms with van der Waals surface area (Å²) >= 11 is 3.45. The van der Waals surface area contributed by atoms with Crippen molar-refractivity contribution in [1.29, 1.82) is 0 Å². The number of aromatic nitrogens is 1. The third-order valence-electron chi connectivity index (χ3n) is 4.84. The van der Waals surface area contributed by atoms with Crippen molar-refractivity contribution < 1.29 is 13.9 Å². The van der Waals surface area contributed by atoms with Crippen LogP contribution in [0.2, 0.25) is 0 Å². The van der Waals surface area contributed by atoms with Gasteiger partial charge in [-0.05, 0) is 59.5 Å². The van der Waals surface area contributed by atoms with Crippen molar-refractivity contribution in [2.45, 2.75) is 58.1 Å². The van der Waals surface area contributed by atoms with Crippen molar-refractivity contribution >= 4 is 21.8 Å². The molecule has 4 nitrogen and oxygen atoms in total. The van der Waals surface area contributed by atoms with Crippen molar-refractivity contribution in [3.63, 3.8) is 0 Å². The molecule has 3 rings (SSSR count). The van der Waals surface area contributed by atoms with Crippen LogP contribution in [0.3, 0.4) is 0 Å². The van der Waals surface area contributed by atoms with Crippen molar-refractivity contribution in [2.75, 3.05) is 0 Å². The highest BCUT2D eigenvalue weighted by atomic mass is 79.9. The third-order valence-corrected chi connectivity index (χ3v) is 5.64. The van der Waals surface area contributed by atoms with Gasteiger partial charge in [-0.25, -0.2) is 9.37 Å². The maximum absolute atomic E-state index is 13.1. The van der Waals surface area contributed by atoms with E-state index in [2.05, 4.69) is 26.2 Å². The van der Waals surface area contributed by atoms with Gasteiger partial charge in [-0.1, -0.05) is 37.8 Å². The highest BCUT2D eigenvalue weighted by Crippen LogP contribution is 2.25. The number of nitrogens with zero attached hydrogens (tertiary/aromatic N) is 1. The molecule has 2 aromatic rings. The highest BCUT2D eigenvalue weighted by molar-refractivity contribution is 9.10. The Labute approximate surface area is 167 Å². The normalized spacial score (nSPS) is 15.2. The van der Waals surface area contributed by atoms with Crippen LogP contribution in [0.25, 0.3) is 0 Å². The van der Waals surface area contributed by atoms with E-state index in [0.29, 0.717) is 11.4 Å². The van der Waals surface area contributed by atoms with E-state index in [1.165, 1.54) is 25.0 Å². The molecule has 1 saturated carbocycles. The molecule has 1 heterocycles. The molecular formula is C21H24BrFN2O2. The Balaban J connectivity index is 1.75. The Bertz CT molecular complexity index is 788. The molecule has 144 valence electrons. The lowest BCUT2D eigenvalue weighted by Gasteiger charge is -2.18. The lowest BCUT2D eigenvalue weighted by Crippen LogP contribution is -2.34. The van der Waals surface area contributed by atoms with Crippen LogP contribution in [-0.4, -0.2) is 16.9 Å². The van der Waals surface area contributed by atoms with Gasteiger partial charge in [0.05, 0.1) is 5.69 Å². The van der Waals surface area contributed by atoms with Crippen molar-refractivity contribution in [3.8, 4) is 5.88 Å². The number of pyridine rings is 1. The number of hydrogen-bond donors (Lipinski definition) is 1. The van der Waals surface area contributed by atoms with E-state index in [4.69, 9.17) is 4.74 Å². The first-order chi connectivity index (χ1) is 13.0. The number of carbonyl (C=O) groups excluding carboxylic acids is 1. The van der Waals surface area contributed by atoms with Gasteiger partial charge in [-0.2, -0.15) is 0 Å². The summed E-state index contributed by atoms with van der Waals surface area (Å²) in [5.74, 6) is -0.157. The molecule has 1 aromatic heterocycles. The molecule has 0 spiro atoms. The van der Waals surface area contributed by atoms with E-state index in [1.54, 1.807) is 18.2 Å². The van der Waals surface area contributed by atoms with Crippen molar-refractivity contribution in [2.24, 2.45) is 0 Å². The molecule has 1 aliphatic rings. The number of amides is 1. The van der Waals surface area contributed by atoms with Crippen LogP contribution in [0, 0.1) is 12.7 Å². The SMILES string of the molecule is Cc1nc(OCc2ccc(F)cc2)c(C(=O)NC2CCCCCC2)cc1Br. The molecule has 1 amide bonds. The summed E-state index contributed by atoms with van der Waals surface area (Å²) in [4.78, 5) is 17.3. The number of hydrogen-bond acceptors (Lipinski definition) is 3. The Morgan fingerprint density at radius 2 is 1.89 bits per heavy atom. The number of halogens is 2. The van der Waals surface area contributed by atoms with Crippen LogP contribution in [0.4, 0.5) is 4.39 Å². The molecule has 1 aromatic carbocycles. The summed E-state index contributed by atoms with van der Waals surface area (Å²) in [6.45, 7) is 2.07.